The van der Waals surface area contributed by atoms with Crippen molar-refractivity contribution in [2.45, 2.75) is 33.1 Å². The summed E-state index contributed by atoms with van der Waals surface area (Å²) < 4.78 is 0. The van der Waals surface area contributed by atoms with Crippen molar-refractivity contribution in [1.29, 1.82) is 0 Å². The summed E-state index contributed by atoms with van der Waals surface area (Å²) >= 11 is 0. The zero-order valence-corrected chi connectivity index (χ0v) is 9.46. The van der Waals surface area contributed by atoms with Crippen LogP contribution in [0.1, 0.15) is 30.5 Å². The van der Waals surface area contributed by atoms with E-state index in [9.17, 15) is 0 Å². The minimum Gasteiger partial charge on any atom is -0.405 e. The molecule has 0 aromatic heterocycles. The molecule has 14 heavy (non-hydrogen) atoms. The molecule has 0 saturated heterocycles. The molecular formula is C13H19N. The molecule has 0 aliphatic carbocycles. The number of aryl methyl sites for hydroxylation is 2. The Morgan fingerprint density at radius 1 is 1.07 bits per heavy atom. The SMILES string of the molecule is Cc1cc(C)cc(C(C)(C)/C=C\N)c1. The highest BCUT2D eigenvalue weighted by Gasteiger charge is 2.16. The lowest BCUT2D eigenvalue weighted by Crippen LogP contribution is -2.14. The first kappa shape index (κ1) is 10.8. The normalized spacial score (nSPS) is 12.3. The first-order valence-corrected chi connectivity index (χ1v) is 4.94. The molecular weight excluding hydrogens is 170 g/mol. The van der Waals surface area contributed by atoms with Gasteiger partial charge in [-0.3, -0.25) is 0 Å². The topological polar surface area (TPSA) is 26.0 Å². The van der Waals surface area contributed by atoms with Gasteiger partial charge in [0.1, 0.15) is 0 Å². The Bertz CT molecular complexity index is 328. The molecule has 1 aromatic rings. The summed E-state index contributed by atoms with van der Waals surface area (Å²) in [4.78, 5) is 0. The monoisotopic (exact) mass is 189 g/mol. The lowest BCUT2D eigenvalue weighted by atomic mass is 9.83. The van der Waals surface area contributed by atoms with Crippen molar-refractivity contribution in [3.05, 3.63) is 47.2 Å². The van der Waals surface area contributed by atoms with Gasteiger partial charge in [-0.25, -0.2) is 0 Å². The van der Waals surface area contributed by atoms with Gasteiger partial charge >= 0.3 is 0 Å². The van der Waals surface area contributed by atoms with Crippen LogP contribution >= 0.6 is 0 Å². The van der Waals surface area contributed by atoms with Crippen LogP contribution in [-0.2, 0) is 5.41 Å². The Hall–Kier alpha value is -1.24. The van der Waals surface area contributed by atoms with Crippen LogP contribution in [0.2, 0.25) is 0 Å². The maximum atomic E-state index is 5.45. The van der Waals surface area contributed by atoms with E-state index in [0.29, 0.717) is 0 Å². The van der Waals surface area contributed by atoms with Crippen LogP contribution < -0.4 is 5.73 Å². The van der Waals surface area contributed by atoms with E-state index in [0.717, 1.165) is 0 Å². The van der Waals surface area contributed by atoms with Crippen molar-refractivity contribution in [3.63, 3.8) is 0 Å². The minimum atomic E-state index is 0.0194. The molecule has 0 amide bonds. The fourth-order valence-corrected chi connectivity index (χ4v) is 1.68. The smallest absolute Gasteiger partial charge is 0.00926 e. The Morgan fingerprint density at radius 3 is 2.00 bits per heavy atom. The van der Waals surface area contributed by atoms with Crippen molar-refractivity contribution in [2.75, 3.05) is 0 Å². The molecule has 1 heteroatoms. The van der Waals surface area contributed by atoms with E-state index in [1.165, 1.54) is 16.7 Å². The third-order valence-corrected chi connectivity index (χ3v) is 2.48. The first-order chi connectivity index (χ1) is 6.45. The third kappa shape index (κ3) is 2.38. The molecule has 0 heterocycles. The Balaban J connectivity index is 3.18. The molecule has 0 bridgehead atoms. The maximum Gasteiger partial charge on any atom is 0.00926 e. The fourth-order valence-electron chi connectivity index (χ4n) is 1.68. The lowest BCUT2D eigenvalue weighted by molar-refractivity contribution is 0.667. The molecule has 2 N–H and O–H groups in total. The van der Waals surface area contributed by atoms with Gasteiger partial charge in [-0.15, -0.1) is 0 Å². The molecule has 0 spiro atoms. The predicted molar refractivity (Wildman–Crippen MR) is 62.3 cm³/mol. The van der Waals surface area contributed by atoms with Crippen molar-refractivity contribution < 1.29 is 0 Å². The summed E-state index contributed by atoms with van der Waals surface area (Å²) in [5, 5.41) is 0. The van der Waals surface area contributed by atoms with E-state index in [4.69, 9.17) is 5.73 Å². The van der Waals surface area contributed by atoms with Gasteiger partial charge in [0.2, 0.25) is 0 Å². The van der Waals surface area contributed by atoms with Gasteiger partial charge in [0, 0.05) is 5.41 Å². The molecule has 1 nitrogen and oxygen atoms in total. The highest BCUT2D eigenvalue weighted by Crippen LogP contribution is 2.26. The van der Waals surface area contributed by atoms with Gasteiger partial charge in [-0.05, 0) is 25.6 Å². The average molecular weight is 189 g/mol. The molecule has 0 aliphatic rings. The number of allylic oxidation sites excluding steroid dienone is 1. The number of hydrogen-bond donors (Lipinski definition) is 1. The van der Waals surface area contributed by atoms with Gasteiger partial charge in [-0.1, -0.05) is 49.2 Å². The summed E-state index contributed by atoms with van der Waals surface area (Å²) in [6, 6.07) is 6.62. The van der Waals surface area contributed by atoms with E-state index >= 15 is 0 Å². The molecule has 0 unspecified atom stereocenters. The van der Waals surface area contributed by atoms with E-state index in [2.05, 4.69) is 45.9 Å². The summed E-state index contributed by atoms with van der Waals surface area (Å²) in [6.45, 7) is 8.59. The van der Waals surface area contributed by atoms with Gasteiger partial charge in [-0.2, -0.15) is 0 Å². The zero-order valence-electron chi connectivity index (χ0n) is 9.46. The van der Waals surface area contributed by atoms with Crippen LogP contribution in [-0.4, -0.2) is 0 Å². The molecule has 0 fully saturated rings. The Labute approximate surface area is 86.6 Å². The number of hydrogen-bond acceptors (Lipinski definition) is 1. The van der Waals surface area contributed by atoms with Crippen molar-refractivity contribution >= 4 is 0 Å². The lowest BCUT2D eigenvalue weighted by Gasteiger charge is -2.21. The third-order valence-electron chi connectivity index (χ3n) is 2.48. The highest BCUT2D eigenvalue weighted by molar-refractivity contribution is 5.35. The molecule has 0 radical (unpaired) electrons. The van der Waals surface area contributed by atoms with Gasteiger partial charge in [0.15, 0.2) is 0 Å². The Morgan fingerprint density at radius 2 is 1.57 bits per heavy atom. The van der Waals surface area contributed by atoms with Crippen LogP contribution in [0.15, 0.2) is 30.5 Å². The number of rotatable bonds is 2. The molecule has 1 rings (SSSR count). The number of benzene rings is 1. The largest absolute Gasteiger partial charge is 0.405 e. The van der Waals surface area contributed by atoms with Crippen LogP contribution in [0.5, 0.6) is 0 Å². The molecule has 0 saturated carbocycles. The predicted octanol–water partition coefficient (Wildman–Crippen LogP) is 3.05. The highest BCUT2D eigenvalue weighted by atomic mass is 14.5. The molecule has 76 valence electrons. The molecule has 0 aliphatic heterocycles. The van der Waals surface area contributed by atoms with Crippen LogP contribution in [0.3, 0.4) is 0 Å². The van der Waals surface area contributed by atoms with Gasteiger partial charge in [0.05, 0.1) is 0 Å². The summed E-state index contributed by atoms with van der Waals surface area (Å²) in [5.41, 5.74) is 9.39. The standard InChI is InChI=1S/C13H19N/c1-10-7-11(2)9-12(8-10)13(3,4)5-6-14/h5-9H,14H2,1-4H3/b6-5-. The minimum absolute atomic E-state index is 0.0194. The second-order valence-corrected chi connectivity index (χ2v) is 4.46. The average Bonchev–Trinajstić information content (AvgIpc) is 2.02. The fraction of sp³-hybridized carbons (Fsp3) is 0.385. The van der Waals surface area contributed by atoms with E-state index in [1.807, 2.05) is 6.08 Å². The van der Waals surface area contributed by atoms with Crippen molar-refractivity contribution in [2.24, 2.45) is 5.73 Å². The Kier molecular flexibility index (Phi) is 3.00. The quantitative estimate of drug-likeness (QED) is 0.760. The van der Waals surface area contributed by atoms with Gasteiger partial charge in [0.25, 0.3) is 0 Å². The van der Waals surface area contributed by atoms with E-state index in [-0.39, 0.29) is 5.41 Å². The van der Waals surface area contributed by atoms with Crippen LogP contribution in [0, 0.1) is 13.8 Å². The second-order valence-electron chi connectivity index (χ2n) is 4.46. The zero-order chi connectivity index (χ0) is 10.8. The number of nitrogens with two attached hydrogens (primary N) is 1. The molecule has 1 aromatic carbocycles. The molecule has 0 atom stereocenters. The van der Waals surface area contributed by atoms with E-state index in [1.54, 1.807) is 6.20 Å². The van der Waals surface area contributed by atoms with Crippen LogP contribution in [0.4, 0.5) is 0 Å². The van der Waals surface area contributed by atoms with Crippen molar-refractivity contribution in [3.8, 4) is 0 Å². The van der Waals surface area contributed by atoms with Gasteiger partial charge < -0.3 is 5.73 Å². The summed E-state index contributed by atoms with van der Waals surface area (Å²) in [7, 11) is 0. The summed E-state index contributed by atoms with van der Waals surface area (Å²) in [5.74, 6) is 0. The van der Waals surface area contributed by atoms with Crippen molar-refractivity contribution in [1.82, 2.24) is 0 Å². The second kappa shape index (κ2) is 3.87. The van der Waals surface area contributed by atoms with E-state index < -0.39 is 0 Å². The maximum absolute atomic E-state index is 5.45. The summed E-state index contributed by atoms with van der Waals surface area (Å²) in [6.07, 6.45) is 3.65. The van der Waals surface area contributed by atoms with Crippen LogP contribution in [0.25, 0.3) is 0 Å². The first-order valence-electron chi connectivity index (χ1n) is 4.94.